The second-order valence-corrected chi connectivity index (χ2v) is 0.717. The summed E-state index contributed by atoms with van der Waals surface area (Å²) in [6.45, 7) is 0. The van der Waals surface area contributed by atoms with Crippen LogP contribution in [0.25, 0.3) is 0 Å². The number of aliphatic hydroxyl groups excluding tert-OH is 1. The third-order valence-corrected chi connectivity index (χ3v) is 0.353. The molecule has 2 heteroatoms. The lowest BCUT2D eigenvalue weighted by atomic mass is 10.6. The minimum atomic E-state index is -0.796. The van der Waals surface area contributed by atoms with Gasteiger partial charge in [0.1, 0.15) is 6.11 Å². The molecule has 26 valence electrons. The van der Waals surface area contributed by atoms with E-state index in [-0.39, 0.29) is 0 Å². The smallest absolute Gasteiger partial charge is 0.275 e. The van der Waals surface area contributed by atoms with E-state index in [0.717, 1.165) is 0 Å². The Balaban J connectivity index is 2.52. The summed E-state index contributed by atoms with van der Waals surface area (Å²) in [4.78, 5) is 0. The summed E-state index contributed by atoms with van der Waals surface area (Å²) in [6, 6.07) is 0. The lowest BCUT2D eigenvalue weighted by Gasteiger charge is -2.02. The molecule has 1 heterocycles. The van der Waals surface area contributed by atoms with Crippen LogP contribution in [0.5, 0.6) is 0 Å². The van der Waals surface area contributed by atoms with Gasteiger partial charge in [0.25, 0.3) is 6.29 Å². The summed E-state index contributed by atoms with van der Waals surface area (Å²) in [5.74, 6) is 2.29. The molecule has 0 radical (unpaired) electrons. The summed E-state index contributed by atoms with van der Waals surface area (Å²) in [5, 5.41) is 8.05. The fourth-order valence-electron chi connectivity index (χ4n) is 0.112. The molecule has 5 heavy (non-hydrogen) atoms. The zero-order chi connectivity index (χ0) is 3.70. The minimum absolute atomic E-state index is 0.796. The van der Waals surface area contributed by atoms with Crippen molar-refractivity contribution in [3.8, 4) is 12.0 Å². The SMILES string of the molecule is OC1C#CO1. The van der Waals surface area contributed by atoms with Crippen LogP contribution < -0.4 is 0 Å². The molecule has 0 aromatic heterocycles. The molecule has 0 aromatic rings. The van der Waals surface area contributed by atoms with Crippen molar-refractivity contribution >= 4 is 0 Å². The largest absolute Gasteiger partial charge is 0.403 e. The highest BCUT2D eigenvalue weighted by molar-refractivity contribution is 5.04. The van der Waals surface area contributed by atoms with Crippen LogP contribution in [-0.2, 0) is 4.74 Å². The first-order valence-corrected chi connectivity index (χ1v) is 1.24. The number of hydrogen-bond donors (Lipinski definition) is 1. The maximum Gasteiger partial charge on any atom is 0.275 e. The lowest BCUT2D eigenvalue weighted by molar-refractivity contribution is -0.0129. The zero-order valence-electron chi connectivity index (χ0n) is 2.43. The van der Waals surface area contributed by atoms with Crippen molar-refractivity contribution in [3.63, 3.8) is 0 Å². The van der Waals surface area contributed by atoms with Crippen molar-refractivity contribution in [2.45, 2.75) is 6.29 Å². The molecule has 0 spiro atoms. The molecule has 1 atom stereocenters. The van der Waals surface area contributed by atoms with Crippen molar-refractivity contribution in [1.82, 2.24) is 0 Å². The van der Waals surface area contributed by atoms with Gasteiger partial charge in [-0.05, 0) is 0 Å². The van der Waals surface area contributed by atoms with Crippen LogP contribution in [0.3, 0.4) is 0 Å². The van der Waals surface area contributed by atoms with Crippen molar-refractivity contribution < 1.29 is 9.84 Å². The molecule has 0 saturated heterocycles. The summed E-state index contributed by atoms with van der Waals surface area (Å²) in [6.07, 6.45) is 1.36. The van der Waals surface area contributed by atoms with Gasteiger partial charge in [-0.3, -0.25) is 0 Å². The van der Waals surface area contributed by atoms with Crippen LogP contribution >= 0.6 is 0 Å². The second kappa shape index (κ2) is 0.631. The molecule has 2 nitrogen and oxygen atoms in total. The molecule has 1 unspecified atom stereocenters. The van der Waals surface area contributed by atoms with Crippen LogP contribution in [0.15, 0.2) is 0 Å². The third-order valence-electron chi connectivity index (χ3n) is 0.353. The van der Waals surface area contributed by atoms with Gasteiger partial charge in [-0.1, -0.05) is 0 Å². The van der Waals surface area contributed by atoms with Crippen molar-refractivity contribution in [3.05, 3.63) is 0 Å². The maximum atomic E-state index is 8.05. The first-order chi connectivity index (χ1) is 2.39. The Morgan fingerprint density at radius 3 is 2.20 bits per heavy atom. The second-order valence-electron chi connectivity index (χ2n) is 0.717. The van der Waals surface area contributed by atoms with Crippen molar-refractivity contribution in [1.29, 1.82) is 0 Å². The van der Waals surface area contributed by atoms with E-state index in [0.29, 0.717) is 0 Å². The first-order valence-electron chi connectivity index (χ1n) is 1.24. The van der Waals surface area contributed by atoms with Gasteiger partial charge in [0.15, 0.2) is 0 Å². The average molecular weight is 70.0 g/mol. The molecular formula is C3H2O2. The normalized spacial score (nSPS) is 28.6. The van der Waals surface area contributed by atoms with Crippen LogP contribution in [0.2, 0.25) is 0 Å². The molecule has 1 rings (SSSR count). The van der Waals surface area contributed by atoms with Crippen molar-refractivity contribution in [2.24, 2.45) is 0 Å². The lowest BCUT2D eigenvalue weighted by Crippen LogP contribution is -2.11. The summed E-state index contributed by atoms with van der Waals surface area (Å²) < 4.78 is 4.12. The number of aliphatic hydroxyl groups is 1. The minimum Gasteiger partial charge on any atom is -0.403 e. The molecular weight excluding hydrogens is 68.0 g/mol. The predicted octanol–water partition coefficient (Wildman–Crippen LogP) is -0.704. The summed E-state index contributed by atoms with van der Waals surface area (Å²) in [5.41, 5.74) is 0. The van der Waals surface area contributed by atoms with Gasteiger partial charge in [-0.25, -0.2) is 0 Å². The Labute approximate surface area is 29.4 Å². The molecule has 0 bridgehead atoms. The van der Waals surface area contributed by atoms with Crippen LogP contribution in [0, 0.1) is 12.0 Å². The van der Waals surface area contributed by atoms with E-state index >= 15 is 0 Å². The van der Waals surface area contributed by atoms with E-state index in [1.54, 1.807) is 0 Å². The fourth-order valence-corrected chi connectivity index (χ4v) is 0.112. The van der Waals surface area contributed by atoms with Crippen LogP contribution in [0.1, 0.15) is 0 Å². The van der Waals surface area contributed by atoms with Gasteiger partial charge >= 0.3 is 0 Å². The number of hydrogen-bond acceptors (Lipinski definition) is 2. The Morgan fingerprint density at radius 1 is 1.80 bits per heavy atom. The molecule has 1 aliphatic heterocycles. The van der Waals surface area contributed by atoms with Gasteiger partial charge < -0.3 is 9.84 Å². The molecule has 0 aliphatic carbocycles. The molecule has 1 aliphatic rings. The zero-order valence-corrected chi connectivity index (χ0v) is 2.43. The highest BCUT2D eigenvalue weighted by Gasteiger charge is 2.00. The van der Waals surface area contributed by atoms with E-state index in [9.17, 15) is 0 Å². The van der Waals surface area contributed by atoms with Crippen LogP contribution in [0.4, 0.5) is 0 Å². The van der Waals surface area contributed by atoms with E-state index in [2.05, 4.69) is 16.8 Å². The van der Waals surface area contributed by atoms with E-state index in [1.165, 1.54) is 0 Å². The highest BCUT2D eigenvalue weighted by atomic mass is 16.6. The predicted molar refractivity (Wildman–Crippen MR) is 14.9 cm³/mol. The van der Waals surface area contributed by atoms with E-state index in [4.69, 9.17) is 5.11 Å². The van der Waals surface area contributed by atoms with Crippen molar-refractivity contribution in [2.75, 3.05) is 0 Å². The number of ether oxygens (including phenoxy) is 1. The number of rotatable bonds is 0. The van der Waals surface area contributed by atoms with Gasteiger partial charge in [0, 0.05) is 5.92 Å². The molecule has 1 N–H and O–H groups in total. The Bertz CT molecular complexity index is 86.8. The highest BCUT2D eigenvalue weighted by Crippen LogP contribution is 1.88. The molecule has 0 amide bonds. The van der Waals surface area contributed by atoms with E-state index in [1.807, 2.05) is 0 Å². The fraction of sp³-hybridized carbons (Fsp3) is 0.333. The first kappa shape index (κ1) is 2.55. The van der Waals surface area contributed by atoms with Crippen LogP contribution in [-0.4, -0.2) is 11.4 Å². The maximum absolute atomic E-state index is 8.05. The third kappa shape index (κ3) is 0.204. The van der Waals surface area contributed by atoms with E-state index < -0.39 is 6.29 Å². The average Bonchev–Trinajstić information content (AvgIpc) is 1.30. The van der Waals surface area contributed by atoms with Gasteiger partial charge in [0.2, 0.25) is 0 Å². The molecule has 0 fully saturated rings. The van der Waals surface area contributed by atoms with Gasteiger partial charge in [-0.15, -0.1) is 0 Å². The molecule has 0 aromatic carbocycles. The summed E-state index contributed by atoms with van der Waals surface area (Å²) >= 11 is 0. The Hall–Kier alpha value is -0.680. The topological polar surface area (TPSA) is 29.5 Å². The standard InChI is InChI=1S/C3H2O2/c4-3-1-2-5-3/h3-4H. The van der Waals surface area contributed by atoms with Gasteiger partial charge in [-0.2, -0.15) is 0 Å². The van der Waals surface area contributed by atoms with Gasteiger partial charge in [0.05, 0.1) is 0 Å². The summed E-state index contributed by atoms with van der Waals surface area (Å²) in [7, 11) is 0. The monoisotopic (exact) mass is 70.0 g/mol. The quantitative estimate of drug-likeness (QED) is 0.382. The Morgan fingerprint density at radius 2 is 2.20 bits per heavy atom. The molecule has 0 saturated carbocycles. The Kier molecular flexibility index (Phi) is 0.322.